The van der Waals surface area contributed by atoms with Gasteiger partial charge in [-0.25, -0.2) is 0 Å². The van der Waals surface area contributed by atoms with Gasteiger partial charge >= 0.3 is 0 Å². The Labute approximate surface area is 106 Å². The number of hydrogen-bond acceptors (Lipinski definition) is 2. The van der Waals surface area contributed by atoms with Crippen molar-refractivity contribution in [2.45, 2.75) is 33.2 Å². The van der Waals surface area contributed by atoms with E-state index in [4.69, 9.17) is 0 Å². The summed E-state index contributed by atoms with van der Waals surface area (Å²) >= 11 is 3.38. The van der Waals surface area contributed by atoms with Gasteiger partial charge in [-0.1, -0.05) is 12.5 Å². The molecule has 0 bridgehead atoms. The summed E-state index contributed by atoms with van der Waals surface area (Å²) in [6.07, 6.45) is 5.11. The average Bonchev–Trinajstić information content (AvgIpc) is 2.29. The molecule has 1 N–H and O–H groups in total. The highest BCUT2D eigenvalue weighted by Gasteiger charge is 2.02. The Morgan fingerprint density at radius 3 is 2.88 bits per heavy atom. The molecule has 1 atom stereocenters. The molecule has 0 aliphatic carbocycles. The minimum absolute atomic E-state index is 0.408. The summed E-state index contributed by atoms with van der Waals surface area (Å²) in [6, 6.07) is 4.43. The van der Waals surface area contributed by atoms with Gasteiger partial charge in [-0.15, -0.1) is 0 Å². The van der Waals surface area contributed by atoms with Crippen LogP contribution in [0.3, 0.4) is 0 Å². The summed E-state index contributed by atoms with van der Waals surface area (Å²) in [7, 11) is 0. The molecule has 1 aromatic rings. The van der Waals surface area contributed by atoms with E-state index in [9.17, 15) is 0 Å². The standard InChI is InChI=1S/C13H19BrN2/c1-4-7-15-11(3)10(2)8-13-6-5-12(14)9-16-13/h5-6,8-9,11,15H,4,7H2,1-3H3/b10-8+. The van der Waals surface area contributed by atoms with Gasteiger partial charge in [0.1, 0.15) is 0 Å². The SMILES string of the molecule is CCCNC(C)/C(C)=C/c1ccc(Br)cn1. The van der Waals surface area contributed by atoms with Crippen LogP contribution in [-0.2, 0) is 0 Å². The number of pyridine rings is 1. The molecule has 0 spiro atoms. The van der Waals surface area contributed by atoms with Crippen molar-refractivity contribution in [2.24, 2.45) is 0 Å². The Bertz CT molecular complexity index is 343. The molecule has 0 saturated carbocycles. The maximum absolute atomic E-state index is 4.33. The van der Waals surface area contributed by atoms with E-state index in [1.54, 1.807) is 0 Å². The summed E-state index contributed by atoms with van der Waals surface area (Å²) in [6.45, 7) is 7.55. The van der Waals surface area contributed by atoms with Crippen molar-refractivity contribution in [2.75, 3.05) is 6.54 Å². The Morgan fingerprint density at radius 1 is 1.56 bits per heavy atom. The van der Waals surface area contributed by atoms with Gasteiger partial charge in [-0.2, -0.15) is 0 Å². The molecule has 1 unspecified atom stereocenters. The average molecular weight is 283 g/mol. The van der Waals surface area contributed by atoms with E-state index in [-0.39, 0.29) is 0 Å². The molecule has 2 nitrogen and oxygen atoms in total. The van der Waals surface area contributed by atoms with Crippen molar-refractivity contribution in [1.29, 1.82) is 0 Å². The molecule has 1 aromatic heterocycles. The molecule has 88 valence electrons. The third kappa shape index (κ3) is 4.45. The lowest BCUT2D eigenvalue weighted by atomic mass is 10.1. The highest BCUT2D eigenvalue weighted by atomic mass is 79.9. The van der Waals surface area contributed by atoms with Crippen LogP contribution in [0, 0.1) is 0 Å². The number of halogens is 1. The summed E-state index contributed by atoms with van der Waals surface area (Å²) in [4.78, 5) is 4.33. The van der Waals surface area contributed by atoms with Gasteiger partial charge in [0.2, 0.25) is 0 Å². The molecule has 1 rings (SSSR count). The van der Waals surface area contributed by atoms with E-state index in [1.165, 1.54) is 5.57 Å². The minimum Gasteiger partial charge on any atom is -0.311 e. The Kier molecular flexibility index (Phi) is 5.71. The fraction of sp³-hybridized carbons (Fsp3) is 0.462. The third-order valence-electron chi connectivity index (χ3n) is 2.51. The first kappa shape index (κ1) is 13.4. The molecule has 0 fully saturated rings. The molecule has 0 aliphatic heterocycles. The van der Waals surface area contributed by atoms with Gasteiger partial charge in [0, 0.05) is 16.7 Å². The van der Waals surface area contributed by atoms with Crippen molar-refractivity contribution >= 4 is 22.0 Å². The summed E-state index contributed by atoms with van der Waals surface area (Å²) in [5, 5.41) is 3.46. The topological polar surface area (TPSA) is 24.9 Å². The molecule has 0 amide bonds. The highest BCUT2D eigenvalue weighted by Crippen LogP contribution is 2.11. The minimum atomic E-state index is 0.408. The maximum atomic E-state index is 4.33. The smallest absolute Gasteiger partial charge is 0.0630 e. The van der Waals surface area contributed by atoms with E-state index in [2.05, 4.69) is 53.1 Å². The summed E-state index contributed by atoms with van der Waals surface area (Å²) in [5.74, 6) is 0. The maximum Gasteiger partial charge on any atom is 0.0630 e. The first-order valence-electron chi connectivity index (χ1n) is 5.66. The van der Waals surface area contributed by atoms with Crippen LogP contribution in [0.5, 0.6) is 0 Å². The van der Waals surface area contributed by atoms with Crippen LogP contribution in [-0.4, -0.2) is 17.6 Å². The molecule has 0 aromatic carbocycles. The fourth-order valence-electron chi connectivity index (χ4n) is 1.35. The second-order valence-electron chi connectivity index (χ2n) is 3.97. The molecular weight excluding hydrogens is 264 g/mol. The highest BCUT2D eigenvalue weighted by molar-refractivity contribution is 9.10. The Balaban J connectivity index is 2.64. The number of aromatic nitrogens is 1. The lowest BCUT2D eigenvalue weighted by molar-refractivity contribution is 0.604. The van der Waals surface area contributed by atoms with Crippen molar-refractivity contribution in [3.05, 3.63) is 34.1 Å². The van der Waals surface area contributed by atoms with Crippen molar-refractivity contribution < 1.29 is 0 Å². The van der Waals surface area contributed by atoms with Crippen LogP contribution in [0.2, 0.25) is 0 Å². The van der Waals surface area contributed by atoms with Gasteiger partial charge in [0.15, 0.2) is 0 Å². The second kappa shape index (κ2) is 6.81. The van der Waals surface area contributed by atoms with E-state index in [0.717, 1.165) is 23.1 Å². The number of hydrogen-bond donors (Lipinski definition) is 1. The van der Waals surface area contributed by atoms with Crippen LogP contribution < -0.4 is 5.32 Å². The van der Waals surface area contributed by atoms with Crippen LogP contribution in [0.15, 0.2) is 28.4 Å². The molecular formula is C13H19BrN2. The van der Waals surface area contributed by atoms with Gasteiger partial charge < -0.3 is 5.32 Å². The molecule has 0 saturated heterocycles. The van der Waals surface area contributed by atoms with Crippen LogP contribution in [0.1, 0.15) is 32.9 Å². The zero-order valence-corrected chi connectivity index (χ0v) is 11.7. The number of nitrogens with zero attached hydrogens (tertiary/aromatic N) is 1. The Hall–Kier alpha value is -0.670. The van der Waals surface area contributed by atoms with Gasteiger partial charge in [0.25, 0.3) is 0 Å². The van der Waals surface area contributed by atoms with Crippen molar-refractivity contribution in [3.63, 3.8) is 0 Å². The number of nitrogens with one attached hydrogen (secondary N) is 1. The zero-order valence-electron chi connectivity index (χ0n) is 10.1. The monoisotopic (exact) mass is 282 g/mol. The number of rotatable bonds is 5. The molecule has 0 radical (unpaired) electrons. The molecule has 3 heteroatoms. The van der Waals surface area contributed by atoms with Crippen LogP contribution >= 0.6 is 15.9 Å². The predicted octanol–water partition coefficient (Wildman–Crippen LogP) is 3.64. The predicted molar refractivity (Wildman–Crippen MR) is 73.3 cm³/mol. The summed E-state index contributed by atoms with van der Waals surface area (Å²) in [5.41, 5.74) is 2.31. The van der Waals surface area contributed by atoms with E-state index < -0.39 is 0 Å². The Morgan fingerprint density at radius 2 is 2.31 bits per heavy atom. The van der Waals surface area contributed by atoms with Gasteiger partial charge in [-0.3, -0.25) is 4.98 Å². The second-order valence-corrected chi connectivity index (χ2v) is 4.88. The van der Waals surface area contributed by atoms with E-state index in [1.807, 2.05) is 18.3 Å². The van der Waals surface area contributed by atoms with Crippen LogP contribution in [0.25, 0.3) is 6.08 Å². The van der Waals surface area contributed by atoms with Crippen molar-refractivity contribution in [3.8, 4) is 0 Å². The first-order valence-corrected chi connectivity index (χ1v) is 6.46. The van der Waals surface area contributed by atoms with E-state index >= 15 is 0 Å². The largest absolute Gasteiger partial charge is 0.311 e. The normalized spacial score (nSPS) is 13.9. The quantitative estimate of drug-likeness (QED) is 0.892. The lowest BCUT2D eigenvalue weighted by Gasteiger charge is -2.13. The molecule has 1 heterocycles. The molecule has 0 aliphatic rings. The zero-order chi connectivity index (χ0) is 12.0. The first-order chi connectivity index (χ1) is 7.63. The van der Waals surface area contributed by atoms with Gasteiger partial charge in [-0.05, 0) is 61.0 Å². The molecule has 16 heavy (non-hydrogen) atoms. The van der Waals surface area contributed by atoms with Gasteiger partial charge in [0.05, 0.1) is 5.69 Å². The van der Waals surface area contributed by atoms with Crippen LogP contribution in [0.4, 0.5) is 0 Å². The summed E-state index contributed by atoms with van der Waals surface area (Å²) < 4.78 is 1.01. The lowest BCUT2D eigenvalue weighted by Crippen LogP contribution is -2.27. The van der Waals surface area contributed by atoms with Crippen molar-refractivity contribution in [1.82, 2.24) is 10.3 Å². The third-order valence-corrected chi connectivity index (χ3v) is 2.98. The fourth-order valence-corrected chi connectivity index (χ4v) is 1.59. The van der Waals surface area contributed by atoms with E-state index in [0.29, 0.717) is 6.04 Å².